The lowest BCUT2D eigenvalue weighted by Crippen LogP contribution is -2.00. The van der Waals surface area contributed by atoms with E-state index in [0.717, 1.165) is 34.6 Å². The summed E-state index contributed by atoms with van der Waals surface area (Å²) in [5, 5.41) is 0. The average Bonchev–Trinajstić information content (AvgIpc) is 2.71. The van der Waals surface area contributed by atoms with Crippen LogP contribution in [0.4, 0.5) is 0 Å². The van der Waals surface area contributed by atoms with Crippen LogP contribution < -0.4 is 9.47 Å². The molecule has 0 saturated carbocycles. The molecule has 0 N–H and O–H groups in total. The molecule has 0 aromatic heterocycles. The van der Waals surface area contributed by atoms with Crippen LogP contribution in [0, 0.1) is 0 Å². The lowest BCUT2D eigenvalue weighted by atomic mass is 10.1. The molecule has 0 aliphatic carbocycles. The Morgan fingerprint density at radius 3 is 1.85 bits per heavy atom. The maximum absolute atomic E-state index is 6.07. The minimum absolute atomic E-state index is 0.517. The molecule has 0 amide bonds. The normalized spacial score (nSPS) is 10.8. The van der Waals surface area contributed by atoms with Gasteiger partial charge in [0.1, 0.15) is 13.2 Å². The Labute approximate surface area is 155 Å². The topological polar surface area (TPSA) is 18.5 Å². The number of benzene rings is 3. The van der Waals surface area contributed by atoms with Gasteiger partial charge in [-0.3, -0.25) is 0 Å². The van der Waals surface area contributed by atoms with Crippen molar-refractivity contribution in [2.75, 3.05) is 0 Å². The summed E-state index contributed by atoms with van der Waals surface area (Å²) in [6.45, 7) is 3.16. The van der Waals surface area contributed by atoms with Crippen LogP contribution >= 0.6 is 0 Å². The second-order valence-corrected chi connectivity index (χ2v) is 6.07. The van der Waals surface area contributed by atoms with Gasteiger partial charge in [-0.25, -0.2) is 0 Å². The molecule has 0 aliphatic heterocycles. The van der Waals surface area contributed by atoms with Gasteiger partial charge >= 0.3 is 0 Å². The number of allylic oxidation sites excluding steroid dienone is 1. The predicted octanol–water partition coefficient (Wildman–Crippen LogP) is 6.27. The van der Waals surface area contributed by atoms with E-state index in [2.05, 4.69) is 49.4 Å². The molecule has 0 aliphatic rings. The highest BCUT2D eigenvalue weighted by Crippen LogP contribution is 2.30. The smallest absolute Gasteiger partial charge is 0.162 e. The van der Waals surface area contributed by atoms with E-state index in [-0.39, 0.29) is 0 Å². The molecule has 0 heterocycles. The van der Waals surface area contributed by atoms with Gasteiger partial charge in [-0.05, 0) is 35.2 Å². The molecular weight excluding hydrogens is 320 g/mol. The molecule has 2 nitrogen and oxygen atoms in total. The van der Waals surface area contributed by atoms with Gasteiger partial charge in [0.05, 0.1) is 0 Å². The first-order chi connectivity index (χ1) is 12.8. The van der Waals surface area contributed by atoms with Gasteiger partial charge in [-0.2, -0.15) is 0 Å². The van der Waals surface area contributed by atoms with E-state index in [0.29, 0.717) is 13.2 Å². The van der Waals surface area contributed by atoms with Crippen LogP contribution in [-0.4, -0.2) is 0 Å². The van der Waals surface area contributed by atoms with Gasteiger partial charge in [0.2, 0.25) is 0 Å². The molecule has 0 unspecified atom stereocenters. The van der Waals surface area contributed by atoms with Gasteiger partial charge < -0.3 is 9.47 Å². The Balaban J connectivity index is 1.76. The zero-order valence-corrected chi connectivity index (χ0v) is 15.1. The Bertz CT molecular complexity index is 823. The van der Waals surface area contributed by atoms with Crippen LogP contribution in [0.1, 0.15) is 30.0 Å². The number of hydrogen-bond donors (Lipinski definition) is 0. The second-order valence-electron chi connectivity index (χ2n) is 6.07. The van der Waals surface area contributed by atoms with Gasteiger partial charge in [0.15, 0.2) is 11.5 Å². The fourth-order valence-corrected chi connectivity index (χ4v) is 2.58. The molecule has 3 aromatic carbocycles. The van der Waals surface area contributed by atoms with E-state index in [1.165, 1.54) is 0 Å². The van der Waals surface area contributed by atoms with Crippen molar-refractivity contribution in [3.63, 3.8) is 0 Å². The largest absolute Gasteiger partial charge is 0.485 e. The van der Waals surface area contributed by atoms with E-state index in [4.69, 9.17) is 9.47 Å². The molecular formula is C24H24O2. The van der Waals surface area contributed by atoms with Crippen molar-refractivity contribution >= 4 is 6.08 Å². The molecule has 3 aromatic rings. The highest BCUT2D eigenvalue weighted by molar-refractivity contribution is 5.56. The first-order valence-electron chi connectivity index (χ1n) is 8.99. The summed E-state index contributed by atoms with van der Waals surface area (Å²) in [5.74, 6) is 1.53. The molecule has 0 radical (unpaired) electrons. The molecule has 26 heavy (non-hydrogen) atoms. The first kappa shape index (κ1) is 17.8. The van der Waals surface area contributed by atoms with Crippen molar-refractivity contribution in [3.8, 4) is 11.5 Å². The van der Waals surface area contributed by atoms with Gasteiger partial charge in [-0.1, -0.05) is 85.8 Å². The van der Waals surface area contributed by atoms with Crippen LogP contribution in [0.3, 0.4) is 0 Å². The Morgan fingerprint density at radius 1 is 0.692 bits per heavy atom. The van der Waals surface area contributed by atoms with E-state index in [1.807, 2.05) is 48.5 Å². The zero-order chi connectivity index (χ0) is 18.0. The van der Waals surface area contributed by atoms with Crippen molar-refractivity contribution < 1.29 is 9.47 Å². The maximum atomic E-state index is 6.07. The standard InChI is InChI=1S/C24H24O2/c1-2-3-10-20-15-16-23(25-18-21-11-6-4-7-12-21)24(17-20)26-19-22-13-8-5-9-14-22/h3-17H,2,18-19H2,1H3/b10-3+. The van der Waals surface area contributed by atoms with Crippen molar-refractivity contribution in [1.29, 1.82) is 0 Å². The lowest BCUT2D eigenvalue weighted by molar-refractivity contribution is 0.256. The van der Waals surface area contributed by atoms with E-state index in [9.17, 15) is 0 Å². The summed E-state index contributed by atoms with van der Waals surface area (Å²) in [7, 11) is 0. The summed E-state index contributed by atoms with van der Waals surface area (Å²) >= 11 is 0. The molecule has 2 heteroatoms. The van der Waals surface area contributed by atoms with Crippen molar-refractivity contribution in [2.24, 2.45) is 0 Å². The molecule has 0 bridgehead atoms. The Morgan fingerprint density at radius 2 is 1.27 bits per heavy atom. The fraction of sp³-hybridized carbons (Fsp3) is 0.167. The quantitative estimate of drug-likeness (QED) is 0.479. The second kappa shape index (κ2) is 9.47. The molecule has 132 valence electrons. The zero-order valence-electron chi connectivity index (χ0n) is 15.1. The summed E-state index contributed by atoms with van der Waals surface area (Å²) in [4.78, 5) is 0. The van der Waals surface area contributed by atoms with Crippen LogP contribution in [0.5, 0.6) is 11.5 Å². The predicted molar refractivity (Wildman–Crippen MR) is 107 cm³/mol. The lowest BCUT2D eigenvalue weighted by Gasteiger charge is -2.14. The number of hydrogen-bond acceptors (Lipinski definition) is 2. The molecule has 3 rings (SSSR count). The summed E-state index contributed by atoms with van der Waals surface area (Å²) < 4.78 is 12.1. The van der Waals surface area contributed by atoms with Crippen molar-refractivity contribution in [2.45, 2.75) is 26.6 Å². The van der Waals surface area contributed by atoms with Gasteiger partial charge in [0, 0.05) is 0 Å². The fourth-order valence-electron chi connectivity index (χ4n) is 2.58. The number of ether oxygens (including phenoxy) is 2. The highest BCUT2D eigenvalue weighted by atomic mass is 16.5. The number of rotatable bonds is 8. The Kier molecular flexibility index (Phi) is 6.49. The third-order valence-electron chi connectivity index (χ3n) is 3.99. The SMILES string of the molecule is CC/C=C/c1ccc(OCc2ccccc2)c(OCc2ccccc2)c1. The third-order valence-corrected chi connectivity index (χ3v) is 3.99. The monoisotopic (exact) mass is 344 g/mol. The van der Waals surface area contributed by atoms with E-state index in [1.54, 1.807) is 0 Å². The summed E-state index contributed by atoms with van der Waals surface area (Å²) in [6, 6.07) is 26.4. The van der Waals surface area contributed by atoms with Crippen molar-refractivity contribution in [1.82, 2.24) is 0 Å². The van der Waals surface area contributed by atoms with E-state index >= 15 is 0 Å². The molecule has 0 saturated heterocycles. The summed E-state index contributed by atoms with van der Waals surface area (Å²) in [5.41, 5.74) is 3.38. The van der Waals surface area contributed by atoms with Crippen molar-refractivity contribution in [3.05, 3.63) is 102 Å². The Hall–Kier alpha value is -3.00. The minimum Gasteiger partial charge on any atom is -0.485 e. The first-order valence-corrected chi connectivity index (χ1v) is 8.99. The molecule has 0 atom stereocenters. The van der Waals surface area contributed by atoms with Gasteiger partial charge in [-0.15, -0.1) is 0 Å². The average molecular weight is 344 g/mol. The highest BCUT2D eigenvalue weighted by Gasteiger charge is 2.07. The van der Waals surface area contributed by atoms with Gasteiger partial charge in [0.25, 0.3) is 0 Å². The third kappa shape index (κ3) is 5.25. The minimum atomic E-state index is 0.517. The van der Waals surface area contributed by atoms with Crippen LogP contribution in [0.25, 0.3) is 6.08 Å². The maximum Gasteiger partial charge on any atom is 0.162 e. The molecule has 0 fully saturated rings. The summed E-state index contributed by atoms with van der Waals surface area (Å²) in [6.07, 6.45) is 5.25. The van der Waals surface area contributed by atoms with Crippen LogP contribution in [0.15, 0.2) is 84.9 Å². The molecule has 0 spiro atoms. The van der Waals surface area contributed by atoms with E-state index < -0.39 is 0 Å². The van der Waals surface area contributed by atoms with Crippen LogP contribution in [0.2, 0.25) is 0 Å². The van der Waals surface area contributed by atoms with Crippen LogP contribution in [-0.2, 0) is 13.2 Å².